The van der Waals surface area contributed by atoms with E-state index in [1.807, 2.05) is 28.9 Å². The van der Waals surface area contributed by atoms with E-state index >= 15 is 0 Å². The van der Waals surface area contributed by atoms with Crippen LogP contribution in [0.2, 0.25) is 0 Å². The van der Waals surface area contributed by atoms with Gasteiger partial charge >= 0.3 is 0 Å². The average molecular weight is 128 g/mol. The van der Waals surface area contributed by atoms with E-state index < -0.39 is 0 Å². The molecule has 0 aromatic carbocycles. The van der Waals surface area contributed by atoms with Crippen LogP contribution < -0.4 is 5.46 Å². The highest BCUT2D eigenvalue weighted by Gasteiger charge is 1.90. The number of hydrogen-bond donors (Lipinski definition) is 0. The molecule has 2 nitrogen and oxygen atoms in total. The van der Waals surface area contributed by atoms with Crippen LogP contribution in [0.1, 0.15) is 0 Å². The predicted molar refractivity (Wildman–Crippen MR) is 40.6 cm³/mol. The number of aromatic nitrogens is 2. The Bertz CT molecular complexity index is 353. The third kappa shape index (κ3) is 0.710. The summed E-state index contributed by atoms with van der Waals surface area (Å²) in [6, 6.07) is 3.68. The smallest absolute Gasteiger partial charge is 0.136 e. The summed E-state index contributed by atoms with van der Waals surface area (Å²) < 4.78 is 1.91. The first-order valence-electron chi connectivity index (χ1n) is 3.04. The van der Waals surface area contributed by atoms with E-state index in [0.29, 0.717) is 0 Å². The van der Waals surface area contributed by atoms with Gasteiger partial charge in [-0.2, -0.15) is 0 Å². The molecule has 0 unspecified atom stereocenters. The van der Waals surface area contributed by atoms with E-state index in [0.717, 1.165) is 11.1 Å². The molecule has 0 bridgehead atoms. The summed E-state index contributed by atoms with van der Waals surface area (Å²) in [5.41, 5.74) is 1.64. The lowest BCUT2D eigenvalue weighted by atomic mass is 9.98. The molecule has 2 aromatic heterocycles. The number of rotatable bonds is 0. The van der Waals surface area contributed by atoms with Crippen LogP contribution in [-0.2, 0) is 0 Å². The summed E-state index contributed by atoms with van der Waals surface area (Å²) in [6.45, 7) is 0. The predicted octanol–water partition coefficient (Wildman–Crippen LogP) is 0.128. The highest BCUT2D eigenvalue weighted by atomic mass is 15.0. The standard InChI is InChI=1S/C7H5BN2/c8-6-1-3-10-4-2-9-7(10)5-6/h1-5H. The van der Waals surface area contributed by atoms with Gasteiger partial charge in [0.05, 0.1) is 0 Å². The first-order chi connectivity index (χ1) is 4.86. The molecule has 2 radical (unpaired) electrons. The van der Waals surface area contributed by atoms with Crippen LogP contribution >= 0.6 is 0 Å². The Balaban J connectivity index is 2.86. The van der Waals surface area contributed by atoms with Crippen LogP contribution in [0.15, 0.2) is 30.7 Å². The molecule has 0 aliphatic rings. The van der Waals surface area contributed by atoms with Gasteiger partial charge in [-0.3, -0.25) is 0 Å². The van der Waals surface area contributed by atoms with Crippen LogP contribution in [0, 0.1) is 0 Å². The summed E-state index contributed by atoms with van der Waals surface area (Å²) in [5.74, 6) is 0. The third-order valence-electron chi connectivity index (χ3n) is 1.42. The molecule has 46 valence electrons. The normalized spacial score (nSPS) is 10.4. The molecule has 0 fully saturated rings. The maximum atomic E-state index is 5.53. The quantitative estimate of drug-likeness (QED) is 0.461. The van der Waals surface area contributed by atoms with Crippen molar-refractivity contribution < 1.29 is 0 Å². The fraction of sp³-hybridized carbons (Fsp3) is 0. The number of imidazole rings is 1. The zero-order chi connectivity index (χ0) is 6.97. The molecule has 0 saturated carbocycles. The van der Waals surface area contributed by atoms with E-state index in [4.69, 9.17) is 7.85 Å². The molecule has 2 heterocycles. The number of nitrogens with zero attached hydrogens (tertiary/aromatic N) is 2. The van der Waals surface area contributed by atoms with Crippen LogP contribution in [0.5, 0.6) is 0 Å². The van der Waals surface area contributed by atoms with Gasteiger partial charge in [-0.15, -0.1) is 0 Å². The molecule has 0 N–H and O–H groups in total. The Morgan fingerprint density at radius 3 is 3.20 bits per heavy atom. The fourth-order valence-corrected chi connectivity index (χ4v) is 0.926. The second-order valence-corrected chi connectivity index (χ2v) is 2.15. The molecular formula is C7H5BN2. The minimum atomic E-state index is 0.749. The van der Waals surface area contributed by atoms with E-state index in [1.165, 1.54) is 0 Å². The first-order valence-corrected chi connectivity index (χ1v) is 3.04. The Labute approximate surface area is 59.9 Å². The van der Waals surface area contributed by atoms with Crippen LogP contribution in [-0.4, -0.2) is 17.2 Å². The van der Waals surface area contributed by atoms with Crippen LogP contribution in [0.3, 0.4) is 0 Å². The zero-order valence-corrected chi connectivity index (χ0v) is 5.36. The van der Waals surface area contributed by atoms with Crippen molar-refractivity contribution in [2.75, 3.05) is 0 Å². The Morgan fingerprint density at radius 1 is 1.40 bits per heavy atom. The second kappa shape index (κ2) is 1.87. The number of hydrogen-bond acceptors (Lipinski definition) is 1. The molecule has 0 atom stereocenters. The Kier molecular flexibility index (Phi) is 1.03. The summed E-state index contributed by atoms with van der Waals surface area (Å²) in [6.07, 6.45) is 5.52. The molecule has 0 amide bonds. The van der Waals surface area contributed by atoms with Gasteiger partial charge in [0.1, 0.15) is 13.5 Å². The molecule has 0 aliphatic carbocycles. The van der Waals surface area contributed by atoms with Gasteiger partial charge in [-0.05, 0) is 6.07 Å². The van der Waals surface area contributed by atoms with Crippen LogP contribution in [0.25, 0.3) is 5.65 Å². The van der Waals surface area contributed by atoms with Gasteiger partial charge < -0.3 is 4.40 Å². The van der Waals surface area contributed by atoms with E-state index in [2.05, 4.69) is 4.98 Å². The minimum absolute atomic E-state index is 0.749. The van der Waals surface area contributed by atoms with Gasteiger partial charge in [0, 0.05) is 18.6 Å². The lowest BCUT2D eigenvalue weighted by molar-refractivity contribution is 1.19. The molecular weight excluding hydrogens is 123 g/mol. The van der Waals surface area contributed by atoms with Gasteiger partial charge in [-0.1, -0.05) is 11.5 Å². The third-order valence-corrected chi connectivity index (χ3v) is 1.42. The Hall–Kier alpha value is -1.25. The SMILES string of the molecule is [B]c1ccn2ccnc2c1. The summed E-state index contributed by atoms with van der Waals surface area (Å²) in [5, 5.41) is 0. The molecule has 0 saturated heterocycles. The molecule has 2 aromatic rings. The fourth-order valence-electron chi connectivity index (χ4n) is 0.926. The summed E-state index contributed by atoms with van der Waals surface area (Å²) in [4.78, 5) is 4.06. The topological polar surface area (TPSA) is 17.3 Å². The van der Waals surface area contributed by atoms with Crippen molar-refractivity contribution in [3.05, 3.63) is 30.7 Å². The molecule has 2 rings (SSSR count). The van der Waals surface area contributed by atoms with Crippen molar-refractivity contribution in [2.24, 2.45) is 0 Å². The van der Waals surface area contributed by atoms with Crippen molar-refractivity contribution >= 4 is 19.0 Å². The maximum Gasteiger partial charge on any atom is 0.136 e. The maximum absolute atomic E-state index is 5.53. The number of fused-ring (bicyclic) bond motifs is 1. The molecule has 0 aliphatic heterocycles. The molecule has 10 heavy (non-hydrogen) atoms. The van der Waals surface area contributed by atoms with Crippen molar-refractivity contribution in [1.29, 1.82) is 0 Å². The second-order valence-electron chi connectivity index (χ2n) is 2.15. The average Bonchev–Trinajstić information content (AvgIpc) is 2.33. The number of pyridine rings is 1. The van der Waals surface area contributed by atoms with E-state index in [-0.39, 0.29) is 0 Å². The zero-order valence-electron chi connectivity index (χ0n) is 5.36. The van der Waals surface area contributed by atoms with Crippen molar-refractivity contribution in [2.45, 2.75) is 0 Å². The lowest BCUT2D eigenvalue weighted by Gasteiger charge is -1.92. The highest BCUT2D eigenvalue weighted by Crippen LogP contribution is 1.94. The van der Waals surface area contributed by atoms with Gasteiger partial charge in [0.15, 0.2) is 0 Å². The van der Waals surface area contributed by atoms with Gasteiger partial charge in [0.25, 0.3) is 0 Å². The largest absolute Gasteiger partial charge is 0.307 e. The first kappa shape index (κ1) is 5.53. The molecule has 3 heteroatoms. The Morgan fingerprint density at radius 2 is 2.30 bits per heavy atom. The van der Waals surface area contributed by atoms with Crippen LogP contribution in [0.4, 0.5) is 0 Å². The van der Waals surface area contributed by atoms with Crippen molar-refractivity contribution in [1.82, 2.24) is 9.38 Å². The van der Waals surface area contributed by atoms with Gasteiger partial charge in [0.2, 0.25) is 0 Å². The van der Waals surface area contributed by atoms with Gasteiger partial charge in [-0.25, -0.2) is 4.98 Å². The van der Waals surface area contributed by atoms with Crippen molar-refractivity contribution in [3.8, 4) is 0 Å². The minimum Gasteiger partial charge on any atom is -0.307 e. The highest BCUT2D eigenvalue weighted by molar-refractivity contribution is 6.32. The van der Waals surface area contributed by atoms with E-state index in [9.17, 15) is 0 Å². The lowest BCUT2D eigenvalue weighted by Crippen LogP contribution is -2.01. The summed E-state index contributed by atoms with van der Waals surface area (Å²) >= 11 is 0. The monoisotopic (exact) mass is 128 g/mol. The molecule has 0 spiro atoms. The van der Waals surface area contributed by atoms with E-state index in [1.54, 1.807) is 6.20 Å². The van der Waals surface area contributed by atoms with Crippen molar-refractivity contribution in [3.63, 3.8) is 0 Å². The summed E-state index contributed by atoms with van der Waals surface area (Å²) in [7, 11) is 5.53.